The molecule has 0 saturated carbocycles. The summed E-state index contributed by atoms with van der Waals surface area (Å²) in [6.45, 7) is 5.16. The molecule has 0 aliphatic heterocycles. The summed E-state index contributed by atoms with van der Waals surface area (Å²) < 4.78 is 6.77. The molecule has 0 aliphatic carbocycles. The maximum Gasteiger partial charge on any atom is 0.107 e. The molecule has 1 N–H and O–H groups in total. The number of aromatic nitrogens is 2. The van der Waals surface area contributed by atoms with E-state index in [0.29, 0.717) is 36.7 Å². The third kappa shape index (κ3) is 3.21. The molecule has 0 aromatic carbocycles. The van der Waals surface area contributed by atoms with E-state index < -0.39 is 5.60 Å². The fraction of sp³-hybridized carbons (Fsp3) is 0.750. The average Bonchev–Trinajstić information content (AvgIpc) is 2.68. The largest absolute Gasteiger partial charge is 0.384 e. The van der Waals surface area contributed by atoms with E-state index in [1.807, 2.05) is 13.8 Å². The normalized spacial score (nSPS) is 14.9. The number of aliphatic hydroxyl groups is 1. The number of hydrogen-bond donors (Lipinski definition) is 1. The first-order valence-corrected chi connectivity index (χ1v) is 6.40. The van der Waals surface area contributed by atoms with Crippen LogP contribution in [0.1, 0.15) is 38.8 Å². The molecule has 0 amide bonds. The van der Waals surface area contributed by atoms with E-state index in [4.69, 9.17) is 16.3 Å². The van der Waals surface area contributed by atoms with Crippen molar-refractivity contribution in [1.82, 2.24) is 9.78 Å². The van der Waals surface area contributed by atoms with Crippen LogP contribution in [0.25, 0.3) is 0 Å². The molecule has 98 valence electrons. The summed E-state index contributed by atoms with van der Waals surface area (Å²) in [5.74, 6) is 0. The Balaban J connectivity index is 3.04. The van der Waals surface area contributed by atoms with E-state index in [-0.39, 0.29) is 0 Å². The van der Waals surface area contributed by atoms with Crippen LogP contribution in [0.3, 0.4) is 0 Å². The molecule has 0 saturated heterocycles. The minimum Gasteiger partial charge on any atom is -0.384 e. The zero-order chi connectivity index (χ0) is 12.9. The van der Waals surface area contributed by atoms with Gasteiger partial charge in [-0.1, -0.05) is 31.9 Å². The van der Waals surface area contributed by atoms with Crippen LogP contribution in [0.15, 0.2) is 6.20 Å². The van der Waals surface area contributed by atoms with Crippen LogP contribution in [-0.2, 0) is 16.9 Å². The van der Waals surface area contributed by atoms with Crippen molar-refractivity contribution in [3.63, 3.8) is 0 Å². The molecule has 17 heavy (non-hydrogen) atoms. The van der Waals surface area contributed by atoms with Crippen molar-refractivity contribution < 1.29 is 9.84 Å². The van der Waals surface area contributed by atoms with Gasteiger partial charge in [0.2, 0.25) is 0 Å². The third-order valence-electron chi connectivity index (χ3n) is 2.99. The van der Waals surface area contributed by atoms with Gasteiger partial charge in [0.1, 0.15) is 5.60 Å². The average molecular weight is 261 g/mol. The van der Waals surface area contributed by atoms with Crippen molar-refractivity contribution in [2.75, 3.05) is 13.7 Å². The summed E-state index contributed by atoms with van der Waals surface area (Å²) >= 11 is 6.14. The van der Waals surface area contributed by atoms with E-state index in [1.165, 1.54) is 0 Å². The number of hydrogen-bond acceptors (Lipinski definition) is 3. The SMILES string of the molecule is CCCC(O)(CC)c1c(Cl)cnn1CCOC. The quantitative estimate of drug-likeness (QED) is 0.820. The fourth-order valence-electron chi connectivity index (χ4n) is 2.05. The van der Waals surface area contributed by atoms with Crippen LogP contribution < -0.4 is 0 Å². The zero-order valence-electron chi connectivity index (χ0n) is 10.7. The van der Waals surface area contributed by atoms with Crippen LogP contribution in [0.2, 0.25) is 5.02 Å². The predicted molar refractivity (Wildman–Crippen MR) is 68.2 cm³/mol. The summed E-state index contributed by atoms with van der Waals surface area (Å²) in [4.78, 5) is 0. The molecule has 1 aromatic rings. The molecule has 0 radical (unpaired) electrons. The van der Waals surface area contributed by atoms with Crippen LogP contribution in [0, 0.1) is 0 Å². The highest BCUT2D eigenvalue weighted by Gasteiger charge is 2.32. The number of nitrogens with zero attached hydrogens (tertiary/aromatic N) is 2. The summed E-state index contributed by atoms with van der Waals surface area (Å²) in [5.41, 5.74) is -0.184. The van der Waals surface area contributed by atoms with Crippen LogP contribution in [0.5, 0.6) is 0 Å². The predicted octanol–water partition coefficient (Wildman–Crippen LogP) is 2.58. The van der Waals surface area contributed by atoms with Gasteiger partial charge in [-0.3, -0.25) is 4.68 Å². The lowest BCUT2D eigenvalue weighted by Crippen LogP contribution is -2.29. The Morgan fingerprint density at radius 2 is 2.24 bits per heavy atom. The maximum atomic E-state index is 10.7. The standard InChI is InChI=1S/C12H21ClN2O2/c1-4-6-12(16,5-2)11-10(13)9-14-15(11)7-8-17-3/h9,16H,4-8H2,1-3H3. The van der Waals surface area contributed by atoms with Crippen LogP contribution in [0.4, 0.5) is 0 Å². The second-order valence-corrected chi connectivity index (χ2v) is 4.60. The smallest absolute Gasteiger partial charge is 0.107 e. The lowest BCUT2D eigenvalue weighted by Gasteiger charge is -2.27. The molecule has 1 aromatic heterocycles. The van der Waals surface area contributed by atoms with Gasteiger partial charge in [-0.05, 0) is 12.8 Å². The van der Waals surface area contributed by atoms with Gasteiger partial charge in [-0.2, -0.15) is 5.10 Å². The molecule has 0 aliphatic rings. The molecule has 1 unspecified atom stereocenters. The monoisotopic (exact) mass is 260 g/mol. The van der Waals surface area contributed by atoms with Gasteiger partial charge in [-0.25, -0.2) is 0 Å². The molecule has 0 bridgehead atoms. The van der Waals surface area contributed by atoms with Gasteiger partial charge in [-0.15, -0.1) is 0 Å². The van der Waals surface area contributed by atoms with Gasteiger partial charge >= 0.3 is 0 Å². The van der Waals surface area contributed by atoms with E-state index in [9.17, 15) is 5.11 Å². The molecule has 1 rings (SSSR count). The van der Waals surface area contributed by atoms with E-state index in [1.54, 1.807) is 18.0 Å². The minimum absolute atomic E-state index is 0.527. The summed E-state index contributed by atoms with van der Waals surface area (Å²) in [6, 6.07) is 0. The first-order valence-electron chi connectivity index (χ1n) is 6.02. The Labute approximate surface area is 108 Å². The van der Waals surface area contributed by atoms with Crippen molar-refractivity contribution in [2.45, 2.75) is 45.3 Å². The molecular formula is C12H21ClN2O2. The zero-order valence-corrected chi connectivity index (χ0v) is 11.5. The molecule has 1 atom stereocenters. The van der Waals surface area contributed by atoms with Crippen molar-refractivity contribution >= 4 is 11.6 Å². The lowest BCUT2D eigenvalue weighted by molar-refractivity contribution is 0.0126. The third-order valence-corrected chi connectivity index (χ3v) is 3.27. The molecule has 1 heterocycles. The highest BCUT2D eigenvalue weighted by Crippen LogP contribution is 2.34. The van der Waals surface area contributed by atoms with Crippen molar-refractivity contribution in [2.24, 2.45) is 0 Å². The maximum absolute atomic E-state index is 10.7. The van der Waals surface area contributed by atoms with Crippen molar-refractivity contribution in [3.8, 4) is 0 Å². The molecule has 5 heteroatoms. The van der Waals surface area contributed by atoms with Gasteiger partial charge in [0.25, 0.3) is 0 Å². The molecule has 4 nitrogen and oxygen atoms in total. The number of methoxy groups -OCH3 is 1. The lowest BCUT2D eigenvalue weighted by atomic mass is 9.91. The molecule has 0 fully saturated rings. The summed E-state index contributed by atoms with van der Waals surface area (Å²) in [6.07, 6.45) is 3.79. The highest BCUT2D eigenvalue weighted by molar-refractivity contribution is 6.31. The van der Waals surface area contributed by atoms with Crippen molar-refractivity contribution in [3.05, 3.63) is 16.9 Å². The van der Waals surface area contributed by atoms with E-state index >= 15 is 0 Å². The molecular weight excluding hydrogens is 240 g/mol. The number of halogens is 1. The van der Waals surface area contributed by atoms with Gasteiger partial charge in [0, 0.05) is 7.11 Å². The summed E-state index contributed by atoms with van der Waals surface area (Å²) in [5, 5.41) is 15.4. The minimum atomic E-state index is -0.893. The van der Waals surface area contributed by atoms with Crippen LogP contribution >= 0.6 is 11.6 Å². The van der Waals surface area contributed by atoms with E-state index in [2.05, 4.69) is 5.10 Å². The Bertz CT molecular complexity index is 354. The Morgan fingerprint density at radius 3 is 2.76 bits per heavy atom. The first kappa shape index (κ1) is 14.5. The number of ether oxygens (including phenoxy) is 1. The van der Waals surface area contributed by atoms with Gasteiger partial charge < -0.3 is 9.84 Å². The second kappa shape index (κ2) is 6.38. The van der Waals surface area contributed by atoms with Crippen LogP contribution in [-0.4, -0.2) is 28.6 Å². The first-order chi connectivity index (χ1) is 8.09. The Hall–Kier alpha value is -0.580. The number of rotatable bonds is 7. The topological polar surface area (TPSA) is 47.3 Å². The second-order valence-electron chi connectivity index (χ2n) is 4.19. The summed E-state index contributed by atoms with van der Waals surface area (Å²) in [7, 11) is 1.64. The van der Waals surface area contributed by atoms with E-state index in [0.717, 1.165) is 6.42 Å². The van der Waals surface area contributed by atoms with Crippen molar-refractivity contribution in [1.29, 1.82) is 0 Å². The van der Waals surface area contributed by atoms with Gasteiger partial charge in [0.15, 0.2) is 0 Å². The molecule has 0 spiro atoms. The Morgan fingerprint density at radius 1 is 1.53 bits per heavy atom. The van der Waals surface area contributed by atoms with Gasteiger partial charge in [0.05, 0.1) is 30.1 Å². The highest BCUT2D eigenvalue weighted by atomic mass is 35.5. The fourth-order valence-corrected chi connectivity index (χ4v) is 2.37. The Kier molecular flexibility index (Phi) is 5.43.